The number of amides is 1. The number of ether oxygens (including phenoxy) is 1. The number of anilines is 1. The molecule has 4 nitrogen and oxygen atoms in total. The first-order chi connectivity index (χ1) is 10.0. The first kappa shape index (κ1) is 16.1. The molecule has 1 aliphatic carbocycles. The van der Waals surface area contributed by atoms with Crippen molar-refractivity contribution < 1.29 is 9.53 Å². The van der Waals surface area contributed by atoms with Crippen molar-refractivity contribution in [2.45, 2.75) is 32.6 Å². The molecule has 0 saturated heterocycles. The fourth-order valence-electron chi connectivity index (χ4n) is 2.85. The third kappa shape index (κ3) is 3.50. The van der Waals surface area contributed by atoms with Crippen LogP contribution in [0, 0.1) is 11.3 Å². The number of nitrogens with one attached hydrogen (secondary N) is 1. The molecule has 21 heavy (non-hydrogen) atoms. The van der Waals surface area contributed by atoms with Crippen molar-refractivity contribution >= 4 is 23.2 Å². The molecule has 0 bridgehead atoms. The highest BCUT2D eigenvalue weighted by Gasteiger charge is 2.39. The van der Waals surface area contributed by atoms with E-state index in [1.807, 2.05) is 0 Å². The average molecular weight is 311 g/mol. The van der Waals surface area contributed by atoms with Crippen molar-refractivity contribution in [3.05, 3.63) is 23.2 Å². The zero-order chi connectivity index (χ0) is 15.5. The third-order valence-electron chi connectivity index (χ3n) is 4.51. The Morgan fingerprint density at radius 2 is 2.14 bits per heavy atom. The number of hydrogen-bond acceptors (Lipinski definition) is 3. The van der Waals surface area contributed by atoms with Crippen LogP contribution >= 0.6 is 11.6 Å². The topological polar surface area (TPSA) is 64.3 Å². The van der Waals surface area contributed by atoms with E-state index in [1.165, 1.54) is 0 Å². The van der Waals surface area contributed by atoms with E-state index < -0.39 is 5.41 Å². The minimum Gasteiger partial charge on any atom is -0.495 e. The van der Waals surface area contributed by atoms with Crippen LogP contribution in [0.15, 0.2) is 18.2 Å². The largest absolute Gasteiger partial charge is 0.495 e. The van der Waals surface area contributed by atoms with Gasteiger partial charge in [-0.2, -0.15) is 0 Å². The van der Waals surface area contributed by atoms with E-state index >= 15 is 0 Å². The van der Waals surface area contributed by atoms with E-state index in [0.717, 1.165) is 25.7 Å². The van der Waals surface area contributed by atoms with E-state index in [2.05, 4.69) is 12.2 Å². The fraction of sp³-hybridized carbons (Fsp3) is 0.562. The summed E-state index contributed by atoms with van der Waals surface area (Å²) in [4.78, 5) is 12.6. The van der Waals surface area contributed by atoms with Crippen LogP contribution in [0.1, 0.15) is 32.6 Å². The van der Waals surface area contributed by atoms with Gasteiger partial charge >= 0.3 is 0 Å². The van der Waals surface area contributed by atoms with Gasteiger partial charge in [0.05, 0.1) is 17.5 Å². The summed E-state index contributed by atoms with van der Waals surface area (Å²) in [5, 5.41) is 3.43. The van der Waals surface area contributed by atoms with Crippen molar-refractivity contribution in [1.82, 2.24) is 0 Å². The molecule has 0 atom stereocenters. The normalized spacial score (nSPS) is 25.4. The molecule has 3 N–H and O–H groups in total. The molecule has 116 valence electrons. The second-order valence-electron chi connectivity index (χ2n) is 5.97. The van der Waals surface area contributed by atoms with Crippen LogP contribution < -0.4 is 15.8 Å². The van der Waals surface area contributed by atoms with Crippen LogP contribution in [0.4, 0.5) is 5.69 Å². The third-order valence-corrected chi connectivity index (χ3v) is 4.81. The van der Waals surface area contributed by atoms with Crippen LogP contribution in [-0.2, 0) is 4.79 Å². The highest BCUT2D eigenvalue weighted by molar-refractivity contribution is 6.32. The van der Waals surface area contributed by atoms with Gasteiger partial charge in [-0.1, -0.05) is 18.5 Å². The molecule has 1 aliphatic rings. The van der Waals surface area contributed by atoms with E-state index in [4.69, 9.17) is 22.1 Å². The van der Waals surface area contributed by atoms with Gasteiger partial charge in [0, 0.05) is 12.2 Å². The Labute approximate surface area is 131 Å². The van der Waals surface area contributed by atoms with Gasteiger partial charge in [0.2, 0.25) is 5.91 Å². The Bertz CT molecular complexity index is 511. The quantitative estimate of drug-likeness (QED) is 0.895. The highest BCUT2D eigenvalue weighted by atomic mass is 35.5. The second-order valence-corrected chi connectivity index (χ2v) is 6.38. The molecule has 1 amide bonds. The molecule has 1 aromatic carbocycles. The summed E-state index contributed by atoms with van der Waals surface area (Å²) in [5.41, 5.74) is 6.14. The van der Waals surface area contributed by atoms with Gasteiger partial charge in [-0.15, -0.1) is 0 Å². The van der Waals surface area contributed by atoms with Gasteiger partial charge in [0.15, 0.2) is 0 Å². The molecule has 0 aromatic heterocycles. The maximum absolute atomic E-state index is 12.6. The van der Waals surface area contributed by atoms with Crippen LogP contribution in [0.3, 0.4) is 0 Å². The van der Waals surface area contributed by atoms with Gasteiger partial charge in [-0.25, -0.2) is 0 Å². The smallest absolute Gasteiger partial charge is 0.231 e. The van der Waals surface area contributed by atoms with Crippen molar-refractivity contribution in [1.29, 1.82) is 0 Å². The van der Waals surface area contributed by atoms with E-state index in [9.17, 15) is 4.79 Å². The summed E-state index contributed by atoms with van der Waals surface area (Å²) in [5.74, 6) is 1.26. The summed E-state index contributed by atoms with van der Waals surface area (Å²) < 4.78 is 5.11. The number of carbonyl (C=O) groups is 1. The summed E-state index contributed by atoms with van der Waals surface area (Å²) in [6.07, 6.45) is 3.79. The predicted molar refractivity (Wildman–Crippen MR) is 85.8 cm³/mol. The summed E-state index contributed by atoms with van der Waals surface area (Å²) in [7, 11) is 1.56. The van der Waals surface area contributed by atoms with Gasteiger partial charge in [0.25, 0.3) is 0 Å². The van der Waals surface area contributed by atoms with E-state index in [0.29, 0.717) is 28.9 Å². The molecule has 0 unspecified atom stereocenters. The molecule has 0 aliphatic heterocycles. The van der Waals surface area contributed by atoms with Gasteiger partial charge < -0.3 is 15.8 Å². The molecule has 5 heteroatoms. The number of carbonyl (C=O) groups excluding carboxylic acids is 1. The lowest BCUT2D eigenvalue weighted by Crippen LogP contribution is -2.44. The van der Waals surface area contributed by atoms with Gasteiger partial charge in [0.1, 0.15) is 5.75 Å². The lowest BCUT2D eigenvalue weighted by atomic mass is 9.70. The molecule has 1 aromatic rings. The number of hydrogen-bond donors (Lipinski definition) is 2. The van der Waals surface area contributed by atoms with E-state index in [1.54, 1.807) is 25.3 Å². The molecule has 0 radical (unpaired) electrons. The second kappa shape index (κ2) is 6.67. The lowest BCUT2D eigenvalue weighted by Gasteiger charge is -2.37. The Balaban J connectivity index is 2.11. The Morgan fingerprint density at radius 3 is 2.67 bits per heavy atom. The lowest BCUT2D eigenvalue weighted by molar-refractivity contribution is -0.127. The van der Waals surface area contributed by atoms with Crippen LogP contribution in [0.25, 0.3) is 0 Å². The first-order valence-electron chi connectivity index (χ1n) is 7.36. The number of nitrogens with two attached hydrogens (primary N) is 1. The molecule has 1 fully saturated rings. The molecule has 2 rings (SSSR count). The highest BCUT2D eigenvalue weighted by Crippen LogP contribution is 2.39. The fourth-order valence-corrected chi connectivity index (χ4v) is 3.10. The van der Waals surface area contributed by atoms with Crippen molar-refractivity contribution in [2.75, 3.05) is 19.0 Å². The molecular formula is C16H23ClN2O2. The maximum Gasteiger partial charge on any atom is 0.231 e. The molecule has 0 spiro atoms. The number of rotatable bonds is 4. The number of halogens is 1. The molecule has 0 heterocycles. The Morgan fingerprint density at radius 1 is 1.48 bits per heavy atom. The number of benzene rings is 1. The monoisotopic (exact) mass is 310 g/mol. The summed E-state index contributed by atoms with van der Waals surface area (Å²) in [6.45, 7) is 2.61. The SMILES string of the molecule is COc1ccc(NC(=O)C2(CN)CCC(C)CC2)cc1Cl. The van der Waals surface area contributed by atoms with Crippen molar-refractivity contribution in [2.24, 2.45) is 17.1 Å². The minimum atomic E-state index is -0.446. The summed E-state index contributed by atoms with van der Waals surface area (Å²) in [6, 6.07) is 5.24. The van der Waals surface area contributed by atoms with E-state index in [-0.39, 0.29) is 5.91 Å². The summed E-state index contributed by atoms with van der Waals surface area (Å²) >= 11 is 6.09. The van der Waals surface area contributed by atoms with Gasteiger partial charge in [-0.05, 0) is 49.8 Å². The van der Waals surface area contributed by atoms with Gasteiger partial charge in [-0.3, -0.25) is 4.79 Å². The Hall–Kier alpha value is -1.26. The zero-order valence-electron chi connectivity index (χ0n) is 12.6. The minimum absolute atomic E-state index is 0.00173. The maximum atomic E-state index is 12.6. The van der Waals surface area contributed by atoms with Crippen molar-refractivity contribution in [3.8, 4) is 5.75 Å². The average Bonchev–Trinajstić information content (AvgIpc) is 2.48. The van der Waals surface area contributed by atoms with Crippen LogP contribution in [-0.4, -0.2) is 19.6 Å². The molecule has 1 saturated carbocycles. The van der Waals surface area contributed by atoms with Crippen LogP contribution in [0.2, 0.25) is 5.02 Å². The van der Waals surface area contributed by atoms with Crippen LogP contribution in [0.5, 0.6) is 5.75 Å². The van der Waals surface area contributed by atoms with Crippen molar-refractivity contribution in [3.63, 3.8) is 0 Å². The first-order valence-corrected chi connectivity index (χ1v) is 7.73. The zero-order valence-corrected chi connectivity index (χ0v) is 13.4. The number of methoxy groups -OCH3 is 1. The Kier molecular flexibility index (Phi) is 5.12. The standard InChI is InChI=1S/C16H23ClN2O2/c1-11-5-7-16(10-18,8-6-11)15(20)19-12-3-4-14(21-2)13(17)9-12/h3-4,9,11H,5-8,10,18H2,1-2H3,(H,19,20). The molecular weight excluding hydrogens is 288 g/mol. The predicted octanol–water partition coefficient (Wildman–Crippen LogP) is 3.44.